The fourth-order valence-electron chi connectivity index (χ4n) is 2.09. The molecule has 2 aromatic rings. The van der Waals surface area contributed by atoms with Crippen LogP contribution < -0.4 is 10.1 Å². The summed E-state index contributed by atoms with van der Waals surface area (Å²) in [5.74, 6) is 0.812. The lowest BCUT2D eigenvalue weighted by Gasteiger charge is -2.10. The van der Waals surface area contributed by atoms with Crippen molar-refractivity contribution >= 4 is 27.5 Å². The number of hydrogen-bond donors (Lipinski definition) is 1. The number of carbonyl (C=O) groups is 1. The van der Waals surface area contributed by atoms with E-state index in [9.17, 15) is 4.79 Å². The van der Waals surface area contributed by atoms with Crippen LogP contribution in [-0.4, -0.2) is 13.0 Å². The number of hydrogen-bond acceptors (Lipinski definition) is 2. The molecule has 0 aliphatic heterocycles. The van der Waals surface area contributed by atoms with Crippen LogP contribution in [0, 0.1) is 6.92 Å². The molecule has 0 aliphatic carbocycles. The van der Waals surface area contributed by atoms with E-state index in [1.165, 1.54) is 0 Å². The van der Waals surface area contributed by atoms with Gasteiger partial charge in [0, 0.05) is 10.9 Å². The van der Waals surface area contributed by atoms with Gasteiger partial charge in [-0.1, -0.05) is 24.3 Å². The highest BCUT2D eigenvalue weighted by molar-refractivity contribution is 9.10. The van der Waals surface area contributed by atoms with Crippen LogP contribution in [0.3, 0.4) is 0 Å². The topological polar surface area (TPSA) is 38.3 Å². The number of ether oxygens (including phenoxy) is 1. The van der Waals surface area contributed by atoms with Gasteiger partial charge in [0.25, 0.3) is 0 Å². The molecule has 0 atom stereocenters. The zero-order valence-corrected chi connectivity index (χ0v) is 13.7. The van der Waals surface area contributed by atoms with E-state index in [-0.39, 0.29) is 5.91 Å². The molecule has 0 saturated carbocycles. The number of methoxy groups -OCH3 is 1. The van der Waals surface area contributed by atoms with Crippen molar-refractivity contribution in [3.05, 3.63) is 58.1 Å². The van der Waals surface area contributed by atoms with Crippen molar-refractivity contribution in [2.75, 3.05) is 12.4 Å². The molecule has 0 aromatic heterocycles. The van der Waals surface area contributed by atoms with E-state index in [0.29, 0.717) is 12.8 Å². The van der Waals surface area contributed by atoms with Gasteiger partial charge >= 0.3 is 0 Å². The first-order valence-electron chi connectivity index (χ1n) is 6.78. The largest absolute Gasteiger partial charge is 0.496 e. The van der Waals surface area contributed by atoms with Crippen LogP contribution in [0.2, 0.25) is 0 Å². The van der Waals surface area contributed by atoms with E-state index in [1.807, 2.05) is 49.4 Å². The smallest absolute Gasteiger partial charge is 0.224 e. The van der Waals surface area contributed by atoms with E-state index in [1.54, 1.807) is 7.11 Å². The highest BCUT2D eigenvalue weighted by Crippen LogP contribution is 2.24. The Balaban J connectivity index is 1.96. The SMILES string of the molecule is COc1ccccc1CCC(=O)Nc1ccc(C)cc1Br. The van der Waals surface area contributed by atoms with Crippen molar-refractivity contribution in [1.82, 2.24) is 0 Å². The van der Waals surface area contributed by atoms with Gasteiger partial charge in [-0.25, -0.2) is 0 Å². The summed E-state index contributed by atoms with van der Waals surface area (Å²) in [7, 11) is 1.64. The second kappa shape index (κ2) is 7.27. The number of benzene rings is 2. The first-order chi connectivity index (χ1) is 10.1. The Hall–Kier alpha value is -1.81. The number of anilines is 1. The number of nitrogens with one attached hydrogen (secondary N) is 1. The number of carbonyl (C=O) groups excluding carboxylic acids is 1. The Bertz CT molecular complexity index is 640. The van der Waals surface area contributed by atoms with E-state index in [2.05, 4.69) is 21.2 Å². The predicted octanol–water partition coefficient (Wildman–Crippen LogP) is 4.34. The van der Waals surface area contributed by atoms with Crippen molar-refractivity contribution < 1.29 is 9.53 Å². The van der Waals surface area contributed by atoms with Crippen LogP contribution in [0.25, 0.3) is 0 Å². The molecule has 0 saturated heterocycles. The van der Waals surface area contributed by atoms with E-state index < -0.39 is 0 Å². The molecule has 2 aromatic carbocycles. The van der Waals surface area contributed by atoms with Gasteiger partial charge in [-0.05, 0) is 58.6 Å². The molecule has 0 radical (unpaired) electrons. The lowest BCUT2D eigenvalue weighted by Crippen LogP contribution is -2.13. The van der Waals surface area contributed by atoms with Crippen LogP contribution in [0.5, 0.6) is 5.75 Å². The summed E-state index contributed by atoms with van der Waals surface area (Å²) in [5, 5.41) is 2.92. The fourth-order valence-corrected chi connectivity index (χ4v) is 2.68. The number of amides is 1. The van der Waals surface area contributed by atoms with Crippen LogP contribution >= 0.6 is 15.9 Å². The molecule has 1 amide bonds. The maximum atomic E-state index is 12.0. The molecular weight excluding hydrogens is 330 g/mol. The van der Waals surface area contributed by atoms with Crippen molar-refractivity contribution in [1.29, 1.82) is 0 Å². The molecule has 4 heteroatoms. The van der Waals surface area contributed by atoms with Gasteiger partial charge < -0.3 is 10.1 Å². The van der Waals surface area contributed by atoms with Gasteiger partial charge in [-0.3, -0.25) is 4.79 Å². The minimum absolute atomic E-state index is 0.00883. The Kier molecular flexibility index (Phi) is 5.39. The number of para-hydroxylation sites is 1. The first kappa shape index (κ1) is 15.6. The van der Waals surface area contributed by atoms with E-state index >= 15 is 0 Å². The molecule has 21 heavy (non-hydrogen) atoms. The summed E-state index contributed by atoms with van der Waals surface area (Å²) in [5.41, 5.74) is 2.98. The second-order valence-corrected chi connectivity index (χ2v) is 5.70. The standard InChI is InChI=1S/C17H18BrNO2/c1-12-7-9-15(14(18)11-12)19-17(20)10-8-13-5-3-4-6-16(13)21-2/h3-7,9,11H,8,10H2,1-2H3,(H,19,20). The van der Waals surface area contributed by atoms with Gasteiger partial charge in [-0.15, -0.1) is 0 Å². The zero-order chi connectivity index (χ0) is 15.2. The van der Waals surface area contributed by atoms with Crippen molar-refractivity contribution in [2.45, 2.75) is 19.8 Å². The van der Waals surface area contributed by atoms with Crippen molar-refractivity contribution in [3.63, 3.8) is 0 Å². The first-order valence-corrected chi connectivity index (χ1v) is 7.57. The van der Waals surface area contributed by atoms with Crippen LogP contribution in [0.15, 0.2) is 46.9 Å². The van der Waals surface area contributed by atoms with Gasteiger partial charge in [-0.2, -0.15) is 0 Å². The lowest BCUT2D eigenvalue weighted by atomic mass is 10.1. The quantitative estimate of drug-likeness (QED) is 0.873. The van der Waals surface area contributed by atoms with Gasteiger partial charge in [0.05, 0.1) is 12.8 Å². The molecule has 0 fully saturated rings. The van der Waals surface area contributed by atoms with Gasteiger partial charge in [0.1, 0.15) is 5.75 Å². The van der Waals surface area contributed by atoms with Crippen molar-refractivity contribution in [3.8, 4) is 5.75 Å². The number of halogens is 1. The molecule has 0 spiro atoms. The highest BCUT2D eigenvalue weighted by atomic mass is 79.9. The molecule has 0 aliphatic rings. The van der Waals surface area contributed by atoms with Crippen LogP contribution in [-0.2, 0) is 11.2 Å². The third kappa shape index (κ3) is 4.33. The molecule has 2 rings (SSSR count). The summed E-state index contributed by atoms with van der Waals surface area (Å²) in [6.45, 7) is 2.01. The third-order valence-corrected chi connectivity index (χ3v) is 3.87. The Labute approximate surface area is 133 Å². The maximum Gasteiger partial charge on any atom is 0.224 e. The number of rotatable bonds is 5. The molecule has 110 valence electrons. The summed E-state index contributed by atoms with van der Waals surface area (Å²) in [6.07, 6.45) is 1.07. The summed E-state index contributed by atoms with van der Waals surface area (Å²) >= 11 is 3.46. The Morgan fingerprint density at radius 3 is 2.71 bits per heavy atom. The zero-order valence-electron chi connectivity index (χ0n) is 12.2. The predicted molar refractivity (Wildman–Crippen MR) is 88.8 cm³/mol. The monoisotopic (exact) mass is 347 g/mol. The van der Waals surface area contributed by atoms with E-state index in [4.69, 9.17) is 4.74 Å². The molecular formula is C17H18BrNO2. The summed E-state index contributed by atoms with van der Waals surface area (Å²) < 4.78 is 6.19. The number of aryl methyl sites for hydroxylation is 2. The normalized spacial score (nSPS) is 10.2. The van der Waals surface area contributed by atoms with Crippen LogP contribution in [0.4, 0.5) is 5.69 Å². The Morgan fingerprint density at radius 1 is 1.24 bits per heavy atom. The molecule has 0 bridgehead atoms. The molecule has 0 heterocycles. The molecule has 3 nitrogen and oxygen atoms in total. The fraction of sp³-hybridized carbons (Fsp3) is 0.235. The molecule has 0 unspecified atom stereocenters. The second-order valence-electron chi connectivity index (χ2n) is 4.84. The van der Waals surface area contributed by atoms with Gasteiger partial charge in [0.2, 0.25) is 5.91 Å². The maximum absolute atomic E-state index is 12.0. The Morgan fingerprint density at radius 2 is 2.00 bits per heavy atom. The molecule has 1 N–H and O–H groups in total. The minimum Gasteiger partial charge on any atom is -0.496 e. The average molecular weight is 348 g/mol. The summed E-state index contributed by atoms with van der Waals surface area (Å²) in [6, 6.07) is 13.6. The summed E-state index contributed by atoms with van der Waals surface area (Å²) in [4.78, 5) is 12.0. The van der Waals surface area contributed by atoms with Gasteiger partial charge in [0.15, 0.2) is 0 Å². The minimum atomic E-state index is -0.00883. The average Bonchev–Trinajstić information content (AvgIpc) is 2.48. The third-order valence-electron chi connectivity index (χ3n) is 3.21. The highest BCUT2D eigenvalue weighted by Gasteiger charge is 2.08. The van der Waals surface area contributed by atoms with E-state index in [0.717, 1.165) is 27.0 Å². The van der Waals surface area contributed by atoms with Crippen molar-refractivity contribution in [2.24, 2.45) is 0 Å². The lowest BCUT2D eigenvalue weighted by molar-refractivity contribution is -0.116. The van der Waals surface area contributed by atoms with Crippen LogP contribution in [0.1, 0.15) is 17.5 Å².